The minimum absolute atomic E-state index is 0.0656. The summed E-state index contributed by atoms with van der Waals surface area (Å²) in [6, 6.07) is 0. The second kappa shape index (κ2) is 48.8. The lowest BCUT2D eigenvalue weighted by Crippen LogP contribution is -2.61. The highest BCUT2D eigenvalue weighted by atomic mass is 16.7. The van der Waals surface area contributed by atoms with E-state index in [1.807, 2.05) is 18.2 Å². The van der Waals surface area contributed by atoms with E-state index in [-0.39, 0.29) is 25.9 Å². The van der Waals surface area contributed by atoms with Crippen molar-refractivity contribution in [2.75, 3.05) is 13.2 Å². The van der Waals surface area contributed by atoms with Crippen LogP contribution in [0.1, 0.15) is 226 Å². The van der Waals surface area contributed by atoms with Crippen molar-refractivity contribution in [2.45, 2.75) is 263 Å². The predicted octanol–water partition coefficient (Wildman–Crippen LogP) is 14.3. The maximum absolute atomic E-state index is 13.1. The van der Waals surface area contributed by atoms with Gasteiger partial charge in [-0.2, -0.15) is 0 Å². The summed E-state index contributed by atoms with van der Waals surface area (Å²) < 4.78 is 28.3. The molecule has 6 atom stereocenters. The van der Waals surface area contributed by atoms with Crippen LogP contribution in [0.25, 0.3) is 0 Å². The summed E-state index contributed by atoms with van der Waals surface area (Å²) in [5.74, 6) is -3.26. The van der Waals surface area contributed by atoms with Crippen LogP contribution >= 0.6 is 0 Å². The molecule has 3 N–H and O–H groups in total. The quantitative estimate of drug-likeness (QED) is 0.0228. The number of carboxylic acid groups (broad SMARTS) is 1. The average Bonchev–Trinajstić information content (AvgIpc) is 3.37. The number of carboxylic acids is 1. The third kappa shape index (κ3) is 39.0. The molecule has 416 valence electrons. The molecule has 12 nitrogen and oxygen atoms in total. The number of ether oxygens (including phenoxy) is 5. The summed E-state index contributed by atoms with van der Waals surface area (Å²) in [4.78, 5) is 51.0. The zero-order valence-corrected chi connectivity index (χ0v) is 45.6. The summed E-state index contributed by atoms with van der Waals surface area (Å²) in [5, 5.41) is 31.4. The Balaban J connectivity index is 2.76. The molecule has 73 heavy (non-hydrogen) atoms. The number of rotatable bonds is 47. The van der Waals surface area contributed by atoms with Gasteiger partial charge in [-0.3, -0.25) is 14.4 Å². The Labute approximate surface area is 441 Å². The monoisotopic (exact) mass is 1020 g/mol. The number of hydrogen-bond donors (Lipinski definition) is 3. The van der Waals surface area contributed by atoms with Crippen LogP contribution < -0.4 is 0 Å². The molecule has 1 aliphatic heterocycles. The Hall–Kier alpha value is -4.10. The van der Waals surface area contributed by atoms with Gasteiger partial charge < -0.3 is 39.0 Å². The van der Waals surface area contributed by atoms with Crippen molar-refractivity contribution in [1.82, 2.24) is 0 Å². The van der Waals surface area contributed by atoms with Gasteiger partial charge in [-0.05, 0) is 103 Å². The smallest absolute Gasteiger partial charge is 0.335 e. The number of carbonyl (C=O) groups excluding carboxylic acids is 3. The van der Waals surface area contributed by atoms with Crippen molar-refractivity contribution in [2.24, 2.45) is 0 Å². The Morgan fingerprint density at radius 2 is 0.890 bits per heavy atom. The van der Waals surface area contributed by atoms with Crippen molar-refractivity contribution >= 4 is 23.9 Å². The van der Waals surface area contributed by atoms with Crippen LogP contribution in [0.3, 0.4) is 0 Å². The number of aliphatic hydroxyl groups excluding tert-OH is 2. The van der Waals surface area contributed by atoms with E-state index in [9.17, 15) is 34.5 Å². The largest absolute Gasteiger partial charge is 0.479 e. The highest BCUT2D eigenvalue weighted by Gasteiger charge is 2.50. The van der Waals surface area contributed by atoms with Crippen molar-refractivity contribution in [3.8, 4) is 0 Å². The van der Waals surface area contributed by atoms with Crippen LogP contribution in [0.4, 0.5) is 0 Å². The second-order valence-electron chi connectivity index (χ2n) is 19.2. The van der Waals surface area contributed by atoms with E-state index in [0.717, 1.165) is 103 Å². The van der Waals surface area contributed by atoms with Crippen LogP contribution in [-0.2, 0) is 42.9 Å². The molecular weight excluding hydrogens is 925 g/mol. The van der Waals surface area contributed by atoms with Crippen molar-refractivity contribution < 1.29 is 58.2 Å². The summed E-state index contributed by atoms with van der Waals surface area (Å²) in [6.07, 6.45) is 50.0. The number of esters is 3. The Kier molecular flexibility index (Phi) is 44.7. The van der Waals surface area contributed by atoms with E-state index in [1.165, 1.54) is 57.8 Å². The van der Waals surface area contributed by atoms with Crippen molar-refractivity contribution in [3.63, 3.8) is 0 Å². The second-order valence-corrected chi connectivity index (χ2v) is 19.2. The average molecular weight is 1030 g/mol. The predicted molar refractivity (Wildman–Crippen MR) is 294 cm³/mol. The Morgan fingerprint density at radius 1 is 0.466 bits per heavy atom. The first kappa shape index (κ1) is 66.9. The zero-order valence-electron chi connectivity index (χ0n) is 45.6. The van der Waals surface area contributed by atoms with Crippen LogP contribution in [0.2, 0.25) is 0 Å². The van der Waals surface area contributed by atoms with Crippen LogP contribution in [0.15, 0.2) is 85.1 Å². The van der Waals surface area contributed by atoms with E-state index in [4.69, 9.17) is 23.7 Å². The number of unbranched alkanes of at least 4 members (excludes halogenated alkanes) is 19. The fraction of sp³-hybridized carbons (Fsp3) is 0.705. The van der Waals surface area contributed by atoms with E-state index in [0.29, 0.717) is 25.7 Å². The lowest BCUT2D eigenvalue weighted by molar-refractivity contribution is -0.301. The first-order chi connectivity index (χ1) is 35.6. The maximum Gasteiger partial charge on any atom is 0.335 e. The number of allylic oxidation sites excluding steroid dienone is 14. The summed E-state index contributed by atoms with van der Waals surface area (Å²) >= 11 is 0. The van der Waals surface area contributed by atoms with Gasteiger partial charge in [-0.25, -0.2) is 4.79 Å². The number of aliphatic hydroxyl groups is 2. The highest BCUT2D eigenvalue weighted by molar-refractivity contribution is 5.74. The standard InChI is InChI=1S/C61H100O12/c1-4-7-10-13-16-19-22-25-27-30-32-35-38-41-44-47-53(62)69-50-52(71-54(63)48-45-42-39-36-34-31-28-26-23-20-17-14-11-8-5-2)51-70-61-59(57(66)56(65)58(73-61)60(67)68)72-55(64)49-46-43-40-37-33-29-24-21-18-15-12-9-6-3/h9,12,16,18-19,21,25-29,33,40,43,52,56-59,61,65-66H,4-8,10-11,13-15,17,20,22-24,30-32,34-39,41-42,44-51H2,1-3H3,(H,67,68)/b12-9-,19-16-,21-18-,27-25-,28-26-,33-29-,43-40-. The van der Waals surface area contributed by atoms with Gasteiger partial charge in [0.25, 0.3) is 0 Å². The molecular formula is C61H100O12. The number of carbonyl (C=O) groups is 4. The highest BCUT2D eigenvalue weighted by Crippen LogP contribution is 2.26. The van der Waals surface area contributed by atoms with Gasteiger partial charge in [0.05, 0.1) is 6.61 Å². The molecule has 0 aliphatic carbocycles. The number of hydrogen-bond acceptors (Lipinski definition) is 11. The molecule has 1 heterocycles. The van der Waals surface area contributed by atoms with Gasteiger partial charge >= 0.3 is 23.9 Å². The minimum Gasteiger partial charge on any atom is -0.479 e. The van der Waals surface area contributed by atoms with Gasteiger partial charge in [0.15, 0.2) is 24.6 Å². The minimum atomic E-state index is -1.93. The van der Waals surface area contributed by atoms with Gasteiger partial charge in [0.2, 0.25) is 0 Å². The van der Waals surface area contributed by atoms with Crippen molar-refractivity contribution in [1.29, 1.82) is 0 Å². The molecule has 0 amide bonds. The lowest BCUT2D eigenvalue weighted by Gasteiger charge is -2.40. The normalized spacial score (nSPS) is 18.9. The topological polar surface area (TPSA) is 175 Å². The van der Waals surface area contributed by atoms with Crippen LogP contribution in [-0.4, -0.2) is 89.2 Å². The first-order valence-electron chi connectivity index (χ1n) is 28.6. The SMILES string of the molecule is CC/C=C\C/C=C\C/C=C\C/C=C\CCC(=O)OC1C(OCC(COC(=O)CCCCCCC/C=C\C/C=C\CCCCC)OC(=O)CCCCCCC/C=C\CCCCCCCC)OC(C(=O)O)C(O)C1O. The molecule has 0 aromatic carbocycles. The lowest BCUT2D eigenvalue weighted by atomic mass is 9.98. The summed E-state index contributed by atoms with van der Waals surface area (Å²) in [7, 11) is 0. The van der Waals surface area contributed by atoms with Crippen molar-refractivity contribution in [3.05, 3.63) is 85.1 Å². The van der Waals surface area contributed by atoms with Crippen LogP contribution in [0, 0.1) is 0 Å². The molecule has 0 aromatic heterocycles. The molecule has 0 radical (unpaired) electrons. The fourth-order valence-electron chi connectivity index (χ4n) is 8.05. The van der Waals surface area contributed by atoms with E-state index in [2.05, 4.69) is 87.6 Å². The van der Waals surface area contributed by atoms with E-state index < -0.39 is 67.3 Å². The Morgan fingerprint density at radius 3 is 1.41 bits per heavy atom. The first-order valence-corrected chi connectivity index (χ1v) is 28.6. The van der Waals surface area contributed by atoms with E-state index in [1.54, 1.807) is 0 Å². The maximum atomic E-state index is 13.1. The summed E-state index contributed by atoms with van der Waals surface area (Å²) in [5.41, 5.74) is 0. The molecule has 1 fully saturated rings. The third-order valence-corrected chi connectivity index (χ3v) is 12.4. The van der Waals surface area contributed by atoms with Gasteiger partial charge in [0.1, 0.15) is 18.8 Å². The third-order valence-electron chi connectivity index (χ3n) is 12.4. The van der Waals surface area contributed by atoms with Gasteiger partial charge in [-0.1, -0.05) is 189 Å². The molecule has 0 bridgehead atoms. The molecule has 0 saturated carbocycles. The molecule has 0 aromatic rings. The molecule has 0 spiro atoms. The molecule has 1 aliphatic rings. The van der Waals surface area contributed by atoms with Crippen LogP contribution in [0.5, 0.6) is 0 Å². The Bertz CT molecular complexity index is 1590. The molecule has 6 unspecified atom stereocenters. The zero-order chi connectivity index (χ0) is 53.3. The number of aliphatic carboxylic acids is 1. The van der Waals surface area contributed by atoms with Gasteiger partial charge in [-0.15, -0.1) is 0 Å². The molecule has 12 heteroatoms. The molecule has 1 saturated heterocycles. The fourth-order valence-corrected chi connectivity index (χ4v) is 8.05. The van der Waals surface area contributed by atoms with E-state index >= 15 is 0 Å². The van der Waals surface area contributed by atoms with Gasteiger partial charge in [0, 0.05) is 19.3 Å². The molecule has 1 rings (SSSR count). The summed E-state index contributed by atoms with van der Waals surface area (Å²) in [6.45, 7) is 5.78.